The minimum atomic E-state index is -0.313. The molecule has 1 saturated heterocycles. The van der Waals surface area contributed by atoms with E-state index < -0.39 is 0 Å². The van der Waals surface area contributed by atoms with Gasteiger partial charge >= 0.3 is 0 Å². The maximum atomic E-state index is 12.5. The van der Waals surface area contributed by atoms with Crippen molar-refractivity contribution in [1.82, 2.24) is 10.2 Å². The molecule has 1 aliphatic carbocycles. The zero-order valence-electron chi connectivity index (χ0n) is 13.7. The van der Waals surface area contributed by atoms with Gasteiger partial charge in [0.1, 0.15) is 12.1 Å². The van der Waals surface area contributed by atoms with Crippen molar-refractivity contribution in [1.29, 1.82) is 0 Å². The van der Waals surface area contributed by atoms with Gasteiger partial charge in [0.2, 0.25) is 11.8 Å². The van der Waals surface area contributed by atoms with Gasteiger partial charge in [-0.3, -0.25) is 9.59 Å². The molecular formula is C17H30N2O2. The summed E-state index contributed by atoms with van der Waals surface area (Å²) in [7, 11) is 0. The lowest BCUT2D eigenvalue weighted by molar-refractivity contribution is -0.149. The lowest BCUT2D eigenvalue weighted by atomic mass is 9.81. The van der Waals surface area contributed by atoms with Crippen molar-refractivity contribution in [3.63, 3.8) is 0 Å². The monoisotopic (exact) mass is 294 g/mol. The quantitative estimate of drug-likeness (QED) is 0.847. The summed E-state index contributed by atoms with van der Waals surface area (Å²) < 4.78 is 0. The molecule has 1 N–H and O–H groups in total. The number of nitrogens with zero attached hydrogens (tertiary/aromatic N) is 1. The van der Waals surface area contributed by atoms with Crippen LogP contribution in [0, 0.1) is 11.8 Å². The summed E-state index contributed by atoms with van der Waals surface area (Å²) in [6.07, 6.45) is 7.63. The average molecular weight is 294 g/mol. The maximum absolute atomic E-state index is 12.5. The first-order valence-corrected chi connectivity index (χ1v) is 8.67. The fourth-order valence-corrected chi connectivity index (χ4v) is 3.71. The van der Waals surface area contributed by atoms with E-state index >= 15 is 0 Å². The van der Waals surface area contributed by atoms with Gasteiger partial charge in [-0.05, 0) is 31.1 Å². The number of carbonyl (C=O) groups is 2. The van der Waals surface area contributed by atoms with Gasteiger partial charge in [-0.2, -0.15) is 0 Å². The summed E-state index contributed by atoms with van der Waals surface area (Å²) in [5.41, 5.74) is 0. The third kappa shape index (κ3) is 3.78. The van der Waals surface area contributed by atoms with Gasteiger partial charge in [0.25, 0.3) is 0 Å². The highest BCUT2D eigenvalue weighted by molar-refractivity contribution is 5.96. The fourth-order valence-electron chi connectivity index (χ4n) is 3.71. The Hall–Kier alpha value is -1.06. The van der Waals surface area contributed by atoms with Crippen molar-refractivity contribution in [2.45, 2.75) is 77.8 Å². The SMILES string of the molecule is CCC1NC(=O)C(CC)N(CCC2CCC(C)CC2)C1=O. The molecule has 0 spiro atoms. The van der Waals surface area contributed by atoms with E-state index in [0.29, 0.717) is 12.8 Å². The summed E-state index contributed by atoms with van der Waals surface area (Å²) in [5, 5.41) is 2.86. The maximum Gasteiger partial charge on any atom is 0.245 e. The van der Waals surface area contributed by atoms with Crippen LogP contribution in [-0.2, 0) is 9.59 Å². The number of amides is 2. The molecule has 2 aliphatic rings. The van der Waals surface area contributed by atoms with Crippen molar-refractivity contribution in [2.75, 3.05) is 6.54 Å². The molecule has 2 atom stereocenters. The van der Waals surface area contributed by atoms with E-state index in [1.54, 1.807) is 0 Å². The number of nitrogens with one attached hydrogen (secondary N) is 1. The number of piperazine rings is 1. The summed E-state index contributed by atoms with van der Waals surface area (Å²) in [6.45, 7) is 7.02. The zero-order valence-corrected chi connectivity index (χ0v) is 13.7. The molecule has 2 amide bonds. The van der Waals surface area contributed by atoms with Crippen molar-refractivity contribution in [3.8, 4) is 0 Å². The molecule has 1 saturated carbocycles. The average Bonchev–Trinajstić information content (AvgIpc) is 2.49. The Kier molecular flexibility index (Phi) is 5.65. The van der Waals surface area contributed by atoms with Crippen molar-refractivity contribution >= 4 is 11.8 Å². The number of hydrogen-bond acceptors (Lipinski definition) is 2. The van der Waals surface area contributed by atoms with E-state index in [0.717, 1.165) is 24.8 Å². The number of carbonyl (C=O) groups excluding carboxylic acids is 2. The van der Waals surface area contributed by atoms with Gasteiger partial charge in [-0.15, -0.1) is 0 Å². The largest absolute Gasteiger partial charge is 0.343 e. The summed E-state index contributed by atoms with van der Waals surface area (Å²) >= 11 is 0. The topological polar surface area (TPSA) is 49.4 Å². The van der Waals surface area contributed by atoms with Crippen LogP contribution < -0.4 is 5.32 Å². The Bertz CT molecular complexity index is 375. The van der Waals surface area contributed by atoms with E-state index in [4.69, 9.17) is 0 Å². The summed E-state index contributed by atoms with van der Waals surface area (Å²) in [5.74, 6) is 1.74. The molecule has 4 nitrogen and oxygen atoms in total. The normalized spacial score (nSPS) is 34.0. The first kappa shape index (κ1) is 16.3. The van der Waals surface area contributed by atoms with Crippen LogP contribution in [0.15, 0.2) is 0 Å². The lowest BCUT2D eigenvalue weighted by Crippen LogP contribution is -2.63. The molecule has 2 rings (SSSR count). The predicted molar refractivity (Wildman–Crippen MR) is 83.8 cm³/mol. The van der Waals surface area contributed by atoms with Gasteiger partial charge in [0.05, 0.1) is 0 Å². The molecule has 4 heteroatoms. The third-order valence-electron chi connectivity index (χ3n) is 5.29. The number of hydrogen-bond donors (Lipinski definition) is 1. The molecule has 2 unspecified atom stereocenters. The molecule has 1 aliphatic heterocycles. The second-order valence-corrected chi connectivity index (χ2v) is 6.84. The molecule has 0 aromatic heterocycles. The zero-order chi connectivity index (χ0) is 15.4. The third-order valence-corrected chi connectivity index (χ3v) is 5.29. The molecule has 120 valence electrons. The van der Waals surface area contributed by atoms with Crippen LogP contribution in [-0.4, -0.2) is 35.3 Å². The van der Waals surface area contributed by atoms with Gasteiger partial charge < -0.3 is 10.2 Å². The summed E-state index contributed by atoms with van der Waals surface area (Å²) in [4.78, 5) is 26.5. The van der Waals surface area contributed by atoms with E-state index in [1.807, 2.05) is 18.7 Å². The molecular weight excluding hydrogens is 264 g/mol. The Morgan fingerprint density at radius 2 is 1.76 bits per heavy atom. The molecule has 1 heterocycles. The van der Waals surface area contributed by atoms with Crippen LogP contribution in [0.4, 0.5) is 0 Å². The van der Waals surface area contributed by atoms with Crippen LogP contribution in [0.25, 0.3) is 0 Å². The first-order chi connectivity index (χ1) is 10.1. The van der Waals surface area contributed by atoms with Crippen LogP contribution in [0.5, 0.6) is 0 Å². The minimum Gasteiger partial charge on any atom is -0.343 e. The standard InChI is InChI=1S/C17H30N2O2/c1-4-14-17(21)19(15(5-2)16(20)18-14)11-10-13-8-6-12(3)7-9-13/h12-15H,4-11H2,1-3H3,(H,18,20). The van der Waals surface area contributed by atoms with Crippen LogP contribution >= 0.6 is 0 Å². The molecule has 2 fully saturated rings. The van der Waals surface area contributed by atoms with E-state index in [1.165, 1.54) is 25.7 Å². The van der Waals surface area contributed by atoms with Crippen molar-refractivity contribution in [2.24, 2.45) is 11.8 Å². The van der Waals surface area contributed by atoms with Crippen molar-refractivity contribution < 1.29 is 9.59 Å². The Balaban J connectivity index is 1.94. The smallest absolute Gasteiger partial charge is 0.245 e. The molecule has 0 aromatic rings. The van der Waals surface area contributed by atoms with E-state index in [2.05, 4.69) is 12.2 Å². The molecule has 0 radical (unpaired) electrons. The van der Waals surface area contributed by atoms with Crippen LogP contribution in [0.2, 0.25) is 0 Å². The van der Waals surface area contributed by atoms with Gasteiger partial charge in [-0.25, -0.2) is 0 Å². The summed E-state index contributed by atoms with van der Waals surface area (Å²) in [6, 6.07) is -0.575. The lowest BCUT2D eigenvalue weighted by Gasteiger charge is -2.39. The second-order valence-electron chi connectivity index (χ2n) is 6.84. The minimum absolute atomic E-state index is 0.0289. The fraction of sp³-hybridized carbons (Fsp3) is 0.882. The molecule has 21 heavy (non-hydrogen) atoms. The molecule has 0 bridgehead atoms. The van der Waals surface area contributed by atoms with Gasteiger partial charge in [0, 0.05) is 6.54 Å². The highest BCUT2D eigenvalue weighted by Gasteiger charge is 2.38. The van der Waals surface area contributed by atoms with E-state index in [-0.39, 0.29) is 23.9 Å². The first-order valence-electron chi connectivity index (χ1n) is 8.67. The highest BCUT2D eigenvalue weighted by atomic mass is 16.2. The molecule has 0 aromatic carbocycles. The van der Waals surface area contributed by atoms with Crippen LogP contribution in [0.3, 0.4) is 0 Å². The Labute approximate surface area is 128 Å². The second kappa shape index (κ2) is 7.28. The number of rotatable bonds is 5. The van der Waals surface area contributed by atoms with Crippen LogP contribution in [0.1, 0.15) is 65.7 Å². The van der Waals surface area contributed by atoms with Gasteiger partial charge in [-0.1, -0.05) is 46.5 Å². The van der Waals surface area contributed by atoms with E-state index in [9.17, 15) is 9.59 Å². The van der Waals surface area contributed by atoms with Gasteiger partial charge in [0.15, 0.2) is 0 Å². The highest BCUT2D eigenvalue weighted by Crippen LogP contribution is 2.31. The predicted octanol–water partition coefficient (Wildman–Crippen LogP) is 2.72. The van der Waals surface area contributed by atoms with Crippen molar-refractivity contribution in [3.05, 3.63) is 0 Å². The Morgan fingerprint density at radius 1 is 1.10 bits per heavy atom. The Morgan fingerprint density at radius 3 is 2.33 bits per heavy atom.